The fourth-order valence-electron chi connectivity index (χ4n) is 2.36. The van der Waals surface area contributed by atoms with Crippen molar-refractivity contribution in [2.75, 3.05) is 13.1 Å². The van der Waals surface area contributed by atoms with Crippen LogP contribution in [-0.4, -0.2) is 41.7 Å². The Hall–Kier alpha value is -0.780. The van der Waals surface area contributed by atoms with Gasteiger partial charge in [-0.1, -0.05) is 0 Å². The molecule has 0 spiro atoms. The van der Waals surface area contributed by atoms with E-state index in [2.05, 4.69) is 5.32 Å². The van der Waals surface area contributed by atoms with E-state index in [1.807, 2.05) is 0 Å². The monoisotopic (exact) mass is 250 g/mol. The lowest BCUT2D eigenvalue weighted by Gasteiger charge is -2.34. The van der Waals surface area contributed by atoms with E-state index in [9.17, 15) is 18.0 Å². The molecule has 98 valence electrons. The van der Waals surface area contributed by atoms with Crippen molar-refractivity contribution in [2.24, 2.45) is 0 Å². The Morgan fingerprint density at radius 1 is 1.29 bits per heavy atom. The van der Waals surface area contributed by atoms with Crippen LogP contribution < -0.4 is 5.32 Å². The first-order valence-corrected chi connectivity index (χ1v) is 5.94. The van der Waals surface area contributed by atoms with Gasteiger partial charge < -0.3 is 10.2 Å². The third-order valence-corrected chi connectivity index (χ3v) is 3.71. The first kappa shape index (κ1) is 12.7. The summed E-state index contributed by atoms with van der Waals surface area (Å²) in [5, 5.41) is 2.74. The lowest BCUT2D eigenvalue weighted by atomic mass is 10.0. The molecule has 6 heteroatoms. The van der Waals surface area contributed by atoms with Crippen molar-refractivity contribution < 1.29 is 18.0 Å². The average Bonchev–Trinajstić information content (AvgIpc) is 2.98. The van der Waals surface area contributed by atoms with Gasteiger partial charge in [0.2, 0.25) is 5.91 Å². The summed E-state index contributed by atoms with van der Waals surface area (Å²) >= 11 is 0. The summed E-state index contributed by atoms with van der Waals surface area (Å²) in [4.78, 5) is 12.8. The van der Waals surface area contributed by atoms with E-state index in [1.165, 1.54) is 6.92 Å². The molecule has 0 bridgehead atoms. The predicted molar refractivity (Wildman–Crippen MR) is 56.4 cm³/mol. The first-order valence-electron chi connectivity index (χ1n) is 5.94. The number of carbonyl (C=O) groups is 1. The standard InChI is InChI=1S/C11H17F3N2O/c1-8(17)16-6-2-9(3-7-16)15-10(4-5-10)11(12,13)14/h9,15H,2-7H2,1H3. The van der Waals surface area contributed by atoms with E-state index < -0.39 is 11.7 Å². The van der Waals surface area contributed by atoms with Gasteiger partial charge in [0.1, 0.15) is 5.54 Å². The number of rotatable bonds is 2. The second kappa shape index (κ2) is 4.15. The summed E-state index contributed by atoms with van der Waals surface area (Å²) in [7, 11) is 0. The molecular formula is C11H17F3N2O. The molecule has 0 atom stereocenters. The van der Waals surface area contributed by atoms with Gasteiger partial charge in [0.25, 0.3) is 0 Å². The van der Waals surface area contributed by atoms with E-state index in [0.29, 0.717) is 25.9 Å². The molecule has 0 aromatic heterocycles. The van der Waals surface area contributed by atoms with Gasteiger partial charge >= 0.3 is 6.18 Å². The van der Waals surface area contributed by atoms with Crippen LogP contribution in [0.4, 0.5) is 13.2 Å². The number of alkyl halides is 3. The molecule has 1 aliphatic heterocycles. The van der Waals surface area contributed by atoms with Crippen LogP contribution >= 0.6 is 0 Å². The van der Waals surface area contributed by atoms with Crippen LogP contribution in [0.15, 0.2) is 0 Å². The summed E-state index contributed by atoms with van der Waals surface area (Å²) in [5.74, 6) is 0.000376. The van der Waals surface area contributed by atoms with Crippen molar-refractivity contribution in [3.05, 3.63) is 0 Å². The number of piperidine rings is 1. The smallest absolute Gasteiger partial charge is 0.343 e. The summed E-state index contributed by atoms with van der Waals surface area (Å²) < 4.78 is 38.2. The van der Waals surface area contributed by atoms with Crippen molar-refractivity contribution >= 4 is 5.91 Å². The summed E-state index contributed by atoms with van der Waals surface area (Å²) in [5.41, 5.74) is -1.63. The maximum atomic E-state index is 12.7. The molecule has 2 rings (SSSR count). The Balaban J connectivity index is 1.85. The number of halogens is 3. The van der Waals surface area contributed by atoms with Crippen LogP contribution in [0.3, 0.4) is 0 Å². The van der Waals surface area contributed by atoms with Crippen LogP contribution in [-0.2, 0) is 4.79 Å². The topological polar surface area (TPSA) is 32.3 Å². The molecule has 0 aromatic rings. The Morgan fingerprint density at radius 2 is 1.82 bits per heavy atom. The molecule has 0 unspecified atom stereocenters. The van der Waals surface area contributed by atoms with Gasteiger partial charge in [0.15, 0.2) is 0 Å². The molecule has 1 amide bonds. The highest BCUT2D eigenvalue weighted by Crippen LogP contribution is 2.49. The molecule has 1 saturated carbocycles. The minimum absolute atomic E-state index is 0.000376. The number of likely N-dealkylation sites (tertiary alicyclic amines) is 1. The molecule has 3 nitrogen and oxygen atoms in total. The third kappa shape index (κ3) is 2.56. The second-order valence-corrected chi connectivity index (χ2v) is 5.00. The number of carbonyl (C=O) groups excluding carboxylic acids is 1. The number of hydrogen-bond acceptors (Lipinski definition) is 2. The van der Waals surface area contributed by atoms with Crippen molar-refractivity contribution in [3.8, 4) is 0 Å². The minimum atomic E-state index is -4.15. The Kier molecular flexibility index (Phi) is 3.10. The number of amides is 1. The van der Waals surface area contributed by atoms with E-state index in [-0.39, 0.29) is 24.8 Å². The highest BCUT2D eigenvalue weighted by Gasteiger charge is 2.63. The number of hydrogen-bond donors (Lipinski definition) is 1. The maximum absolute atomic E-state index is 12.7. The van der Waals surface area contributed by atoms with Crippen LogP contribution in [0, 0.1) is 0 Å². The van der Waals surface area contributed by atoms with Crippen LogP contribution in [0.2, 0.25) is 0 Å². The quantitative estimate of drug-likeness (QED) is 0.808. The fraction of sp³-hybridized carbons (Fsp3) is 0.909. The zero-order valence-corrected chi connectivity index (χ0v) is 9.81. The maximum Gasteiger partial charge on any atom is 0.406 e. The normalized spacial score (nSPS) is 24.8. The molecule has 0 aromatic carbocycles. The fourth-order valence-corrected chi connectivity index (χ4v) is 2.36. The zero-order chi connectivity index (χ0) is 12.7. The molecular weight excluding hydrogens is 233 g/mol. The van der Waals surface area contributed by atoms with Gasteiger partial charge in [-0.15, -0.1) is 0 Å². The van der Waals surface area contributed by atoms with Gasteiger partial charge in [-0.25, -0.2) is 0 Å². The van der Waals surface area contributed by atoms with Gasteiger partial charge in [-0.2, -0.15) is 13.2 Å². The van der Waals surface area contributed by atoms with Crippen LogP contribution in [0.5, 0.6) is 0 Å². The second-order valence-electron chi connectivity index (χ2n) is 5.00. The molecule has 17 heavy (non-hydrogen) atoms. The van der Waals surface area contributed by atoms with Crippen molar-refractivity contribution in [2.45, 2.75) is 50.4 Å². The SMILES string of the molecule is CC(=O)N1CCC(NC2(C(F)(F)F)CC2)CC1. The molecule has 0 radical (unpaired) electrons. The van der Waals surface area contributed by atoms with E-state index >= 15 is 0 Å². The minimum Gasteiger partial charge on any atom is -0.343 e. The third-order valence-electron chi connectivity index (χ3n) is 3.71. The highest BCUT2D eigenvalue weighted by molar-refractivity contribution is 5.73. The van der Waals surface area contributed by atoms with Crippen LogP contribution in [0.1, 0.15) is 32.6 Å². The molecule has 1 saturated heterocycles. The van der Waals surface area contributed by atoms with E-state index in [4.69, 9.17) is 0 Å². The lowest BCUT2D eigenvalue weighted by molar-refractivity contribution is -0.169. The summed E-state index contributed by atoms with van der Waals surface area (Å²) in [6.45, 7) is 2.60. The summed E-state index contributed by atoms with van der Waals surface area (Å²) in [6.07, 6.45) is -2.56. The zero-order valence-electron chi connectivity index (χ0n) is 9.81. The van der Waals surface area contributed by atoms with Crippen molar-refractivity contribution in [1.82, 2.24) is 10.2 Å². The molecule has 2 fully saturated rings. The van der Waals surface area contributed by atoms with Crippen molar-refractivity contribution in [1.29, 1.82) is 0 Å². The predicted octanol–water partition coefficient (Wildman–Crippen LogP) is 1.68. The van der Waals surface area contributed by atoms with E-state index in [1.54, 1.807) is 4.90 Å². The lowest BCUT2D eigenvalue weighted by Crippen LogP contribution is -2.53. The Labute approximate surface area is 98.3 Å². The molecule has 2 aliphatic rings. The average molecular weight is 250 g/mol. The molecule has 1 heterocycles. The first-order chi connectivity index (χ1) is 7.84. The summed E-state index contributed by atoms with van der Waals surface area (Å²) in [6, 6.07) is -0.116. The number of nitrogens with zero attached hydrogens (tertiary/aromatic N) is 1. The van der Waals surface area contributed by atoms with Gasteiger partial charge in [-0.3, -0.25) is 4.79 Å². The highest BCUT2D eigenvalue weighted by atomic mass is 19.4. The van der Waals surface area contributed by atoms with E-state index in [0.717, 1.165) is 0 Å². The number of nitrogens with one attached hydrogen (secondary N) is 1. The van der Waals surface area contributed by atoms with Gasteiger partial charge in [-0.05, 0) is 25.7 Å². The largest absolute Gasteiger partial charge is 0.406 e. The Morgan fingerprint density at radius 3 is 2.18 bits per heavy atom. The van der Waals surface area contributed by atoms with Gasteiger partial charge in [0.05, 0.1) is 0 Å². The molecule has 1 N–H and O–H groups in total. The van der Waals surface area contributed by atoms with Crippen LogP contribution in [0.25, 0.3) is 0 Å². The van der Waals surface area contributed by atoms with Crippen molar-refractivity contribution in [3.63, 3.8) is 0 Å². The molecule has 1 aliphatic carbocycles. The Bertz CT molecular complexity index is 304. The van der Waals surface area contributed by atoms with Gasteiger partial charge in [0, 0.05) is 26.1 Å².